The highest BCUT2D eigenvalue weighted by Gasteiger charge is 2.29. The van der Waals surface area contributed by atoms with Crippen LogP contribution in [0.25, 0.3) is 0 Å². The van der Waals surface area contributed by atoms with E-state index in [9.17, 15) is 9.59 Å². The van der Waals surface area contributed by atoms with E-state index in [-0.39, 0.29) is 29.8 Å². The third kappa shape index (κ3) is 4.71. The van der Waals surface area contributed by atoms with Gasteiger partial charge in [-0.05, 0) is 44.4 Å². The Balaban J connectivity index is 2.04. The largest absolute Gasteiger partial charge is 0.350 e. The third-order valence-corrected chi connectivity index (χ3v) is 4.77. The molecule has 0 radical (unpaired) electrons. The molecule has 0 aromatic heterocycles. The fourth-order valence-corrected chi connectivity index (χ4v) is 3.13. The molecule has 1 aromatic rings. The van der Waals surface area contributed by atoms with E-state index in [2.05, 4.69) is 22.9 Å². The Hall–Kier alpha value is -1.59. The predicted octanol–water partition coefficient (Wildman–Crippen LogP) is 2.35. The SMILES string of the molecule is CC(C)C(NC(=O)c1ccccc1Cl)C(=O)NC1CCCNC1C. The molecule has 1 aliphatic heterocycles. The molecule has 0 bridgehead atoms. The number of halogens is 1. The summed E-state index contributed by atoms with van der Waals surface area (Å²) in [6, 6.07) is 6.56. The number of amides is 2. The summed E-state index contributed by atoms with van der Waals surface area (Å²) in [5.41, 5.74) is 0.380. The lowest BCUT2D eigenvalue weighted by atomic mass is 9.97. The predicted molar refractivity (Wildman–Crippen MR) is 96.2 cm³/mol. The van der Waals surface area contributed by atoms with Crippen molar-refractivity contribution in [3.05, 3.63) is 34.9 Å². The molecule has 1 heterocycles. The van der Waals surface area contributed by atoms with Crippen molar-refractivity contribution in [3.8, 4) is 0 Å². The molecule has 2 amide bonds. The van der Waals surface area contributed by atoms with E-state index in [1.165, 1.54) is 0 Å². The first kappa shape index (κ1) is 18.7. The summed E-state index contributed by atoms with van der Waals surface area (Å²) in [5, 5.41) is 9.63. The number of carbonyl (C=O) groups is 2. The highest BCUT2D eigenvalue weighted by molar-refractivity contribution is 6.33. The summed E-state index contributed by atoms with van der Waals surface area (Å²) in [7, 11) is 0. The highest BCUT2D eigenvalue weighted by atomic mass is 35.5. The number of hydrogen-bond acceptors (Lipinski definition) is 3. The Labute approximate surface area is 148 Å². The average molecular weight is 352 g/mol. The van der Waals surface area contributed by atoms with E-state index < -0.39 is 6.04 Å². The Morgan fingerprint density at radius 2 is 2.00 bits per heavy atom. The lowest BCUT2D eigenvalue weighted by molar-refractivity contribution is -0.125. The second kappa shape index (κ2) is 8.49. The molecule has 1 aliphatic rings. The van der Waals surface area contributed by atoms with Crippen molar-refractivity contribution in [1.29, 1.82) is 0 Å². The molecule has 0 spiro atoms. The number of hydrogen-bond donors (Lipinski definition) is 3. The van der Waals surface area contributed by atoms with Crippen LogP contribution in [0, 0.1) is 5.92 Å². The second-order valence-corrected chi connectivity index (χ2v) is 7.08. The van der Waals surface area contributed by atoms with Gasteiger partial charge in [-0.25, -0.2) is 0 Å². The number of nitrogens with one attached hydrogen (secondary N) is 3. The van der Waals surface area contributed by atoms with E-state index in [1.54, 1.807) is 24.3 Å². The summed E-state index contributed by atoms with van der Waals surface area (Å²) in [6.45, 7) is 6.88. The second-order valence-electron chi connectivity index (χ2n) is 6.68. The van der Waals surface area contributed by atoms with Crippen molar-refractivity contribution in [2.24, 2.45) is 5.92 Å². The molecule has 1 fully saturated rings. The molecule has 1 saturated heterocycles. The lowest BCUT2D eigenvalue weighted by Gasteiger charge is -2.32. The van der Waals surface area contributed by atoms with Crippen LogP contribution in [0.1, 0.15) is 44.0 Å². The topological polar surface area (TPSA) is 70.2 Å². The zero-order valence-corrected chi connectivity index (χ0v) is 15.2. The highest BCUT2D eigenvalue weighted by Crippen LogP contribution is 2.16. The zero-order valence-electron chi connectivity index (χ0n) is 14.4. The van der Waals surface area contributed by atoms with Crippen molar-refractivity contribution in [1.82, 2.24) is 16.0 Å². The quantitative estimate of drug-likeness (QED) is 0.762. The van der Waals surface area contributed by atoms with Crippen LogP contribution in [0.2, 0.25) is 5.02 Å². The first-order chi connectivity index (χ1) is 11.4. The van der Waals surface area contributed by atoms with Crippen molar-refractivity contribution >= 4 is 23.4 Å². The molecule has 3 N–H and O–H groups in total. The van der Waals surface area contributed by atoms with Gasteiger partial charge >= 0.3 is 0 Å². The van der Waals surface area contributed by atoms with E-state index in [1.807, 2.05) is 13.8 Å². The van der Waals surface area contributed by atoms with Gasteiger partial charge in [0.05, 0.1) is 10.6 Å². The monoisotopic (exact) mass is 351 g/mol. The molecule has 5 nitrogen and oxygen atoms in total. The van der Waals surface area contributed by atoms with Crippen molar-refractivity contribution in [2.75, 3.05) is 6.54 Å². The van der Waals surface area contributed by atoms with Gasteiger partial charge in [0, 0.05) is 12.1 Å². The van der Waals surface area contributed by atoms with Crippen LogP contribution in [0.4, 0.5) is 0 Å². The van der Waals surface area contributed by atoms with Crippen molar-refractivity contribution in [3.63, 3.8) is 0 Å². The van der Waals surface area contributed by atoms with E-state index in [0.717, 1.165) is 19.4 Å². The van der Waals surface area contributed by atoms with E-state index >= 15 is 0 Å². The normalized spacial score (nSPS) is 22.0. The Kier molecular flexibility index (Phi) is 6.63. The van der Waals surface area contributed by atoms with Crippen molar-refractivity contribution < 1.29 is 9.59 Å². The fraction of sp³-hybridized carbons (Fsp3) is 0.556. The molecular weight excluding hydrogens is 326 g/mol. The minimum Gasteiger partial charge on any atom is -0.350 e. The number of carbonyl (C=O) groups excluding carboxylic acids is 2. The zero-order chi connectivity index (χ0) is 17.7. The van der Waals surface area contributed by atoms with Gasteiger partial charge in [-0.2, -0.15) is 0 Å². The van der Waals surface area contributed by atoms with Gasteiger partial charge in [0.1, 0.15) is 6.04 Å². The third-order valence-electron chi connectivity index (χ3n) is 4.44. The number of benzene rings is 1. The van der Waals surface area contributed by atoms with Gasteiger partial charge in [0.25, 0.3) is 5.91 Å². The Bertz CT molecular complexity index is 591. The van der Waals surface area contributed by atoms with E-state index in [4.69, 9.17) is 11.6 Å². The van der Waals surface area contributed by atoms with Crippen LogP contribution in [-0.2, 0) is 4.79 Å². The first-order valence-electron chi connectivity index (χ1n) is 8.49. The summed E-state index contributed by atoms with van der Waals surface area (Å²) >= 11 is 6.07. The molecular formula is C18H26ClN3O2. The molecule has 24 heavy (non-hydrogen) atoms. The number of piperidine rings is 1. The maximum Gasteiger partial charge on any atom is 0.253 e. The van der Waals surface area contributed by atoms with Crippen LogP contribution in [-0.4, -0.2) is 36.5 Å². The van der Waals surface area contributed by atoms with Crippen molar-refractivity contribution in [2.45, 2.75) is 51.7 Å². The molecule has 1 aromatic carbocycles. The maximum absolute atomic E-state index is 12.7. The Morgan fingerprint density at radius 3 is 2.62 bits per heavy atom. The minimum absolute atomic E-state index is 0.0247. The molecule has 2 rings (SSSR count). The standard InChI is InChI=1S/C18H26ClN3O2/c1-11(2)16(18(24)21-15-9-6-10-20-12(15)3)22-17(23)13-7-4-5-8-14(13)19/h4-5,7-8,11-12,15-16,20H,6,9-10H2,1-3H3,(H,21,24)(H,22,23). The van der Waals surface area contributed by atoms with Gasteiger partial charge in [0.15, 0.2) is 0 Å². The number of rotatable bonds is 5. The smallest absolute Gasteiger partial charge is 0.253 e. The fourth-order valence-electron chi connectivity index (χ4n) is 2.91. The van der Waals surface area contributed by atoms with E-state index in [0.29, 0.717) is 10.6 Å². The van der Waals surface area contributed by atoms with Crippen LogP contribution in [0.3, 0.4) is 0 Å². The summed E-state index contributed by atoms with van der Waals surface area (Å²) < 4.78 is 0. The van der Waals surface area contributed by atoms with Gasteiger partial charge in [-0.3, -0.25) is 9.59 Å². The first-order valence-corrected chi connectivity index (χ1v) is 8.87. The lowest BCUT2D eigenvalue weighted by Crippen LogP contribution is -2.57. The molecule has 0 saturated carbocycles. The molecule has 3 atom stereocenters. The van der Waals surface area contributed by atoms with Crippen LogP contribution < -0.4 is 16.0 Å². The summed E-state index contributed by atoms with van der Waals surface area (Å²) in [4.78, 5) is 25.1. The van der Waals surface area contributed by atoms with Gasteiger partial charge < -0.3 is 16.0 Å². The average Bonchev–Trinajstić information content (AvgIpc) is 2.54. The van der Waals surface area contributed by atoms with Crippen LogP contribution in [0.15, 0.2) is 24.3 Å². The molecule has 0 aliphatic carbocycles. The van der Waals surface area contributed by atoms with Crippen LogP contribution >= 0.6 is 11.6 Å². The molecule has 6 heteroatoms. The Morgan fingerprint density at radius 1 is 1.29 bits per heavy atom. The molecule has 3 unspecified atom stereocenters. The van der Waals surface area contributed by atoms with Crippen LogP contribution in [0.5, 0.6) is 0 Å². The minimum atomic E-state index is -0.595. The van der Waals surface area contributed by atoms with Gasteiger partial charge in [-0.1, -0.05) is 37.6 Å². The summed E-state index contributed by atoms with van der Waals surface area (Å²) in [5.74, 6) is -0.501. The van der Waals surface area contributed by atoms with Gasteiger partial charge in [-0.15, -0.1) is 0 Å². The molecule has 132 valence electrons. The van der Waals surface area contributed by atoms with Gasteiger partial charge in [0.2, 0.25) is 5.91 Å². The maximum atomic E-state index is 12.7. The summed E-state index contributed by atoms with van der Waals surface area (Å²) in [6.07, 6.45) is 1.98.